The molecule has 0 aliphatic carbocycles. The molecule has 0 saturated heterocycles. The molecular weight excluding hydrogens is 280 g/mol. The first-order valence-corrected chi connectivity index (χ1v) is 7.16. The van der Waals surface area contributed by atoms with Crippen molar-refractivity contribution in [2.75, 3.05) is 6.79 Å². The second kappa shape index (κ2) is 5.37. The van der Waals surface area contributed by atoms with E-state index >= 15 is 0 Å². The van der Waals surface area contributed by atoms with Crippen molar-refractivity contribution < 1.29 is 19.0 Å². The van der Waals surface area contributed by atoms with E-state index < -0.39 is 0 Å². The van der Waals surface area contributed by atoms with Gasteiger partial charge in [0.25, 0.3) is 0 Å². The lowest BCUT2D eigenvalue weighted by Crippen LogP contribution is -2.12. The van der Waals surface area contributed by atoms with Crippen molar-refractivity contribution in [1.29, 1.82) is 0 Å². The van der Waals surface area contributed by atoms with Gasteiger partial charge in [-0.3, -0.25) is 0 Å². The van der Waals surface area contributed by atoms with Gasteiger partial charge in [0.1, 0.15) is 5.75 Å². The molecule has 0 aromatic heterocycles. The zero-order valence-corrected chi connectivity index (χ0v) is 12.9. The molecule has 0 N–H and O–H groups in total. The maximum atomic E-state index is 12.2. The van der Waals surface area contributed by atoms with Crippen molar-refractivity contribution in [2.45, 2.75) is 26.2 Å². The fourth-order valence-corrected chi connectivity index (χ4v) is 2.21. The second-order valence-electron chi connectivity index (χ2n) is 6.23. The number of hydrogen-bond acceptors (Lipinski definition) is 4. The minimum Gasteiger partial charge on any atom is -0.454 e. The quantitative estimate of drug-likeness (QED) is 0.622. The molecule has 4 nitrogen and oxygen atoms in total. The van der Waals surface area contributed by atoms with E-state index in [9.17, 15) is 4.79 Å². The smallest absolute Gasteiger partial charge is 0.343 e. The average molecular weight is 298 g/mol. The Morgan fingerprint density at radius 3 is 2.36 bits per heavy atom. The minimum atomic E-state index is -0.390. The van der Waals surface area contributed by atoms with Crippen molar-refractivity contribution in [2.24, 2.45) is 0 Å². The number of ether oxygens (including phenoxy) is 3. The molecule has 114 valence electrons. The molecule has 0 fully saturated rings. The highest BCUT2D eigenvalue weighted by Crippen LogP contribution is 2.35. The molecule has 0 spiro atoms. The topological polar surface area (TPSA) is 44.8 Å². The number of esters is 1. The lowest BCUT2D eigenvalue weighted by atomic mass is 9.87. The van der Waals surface area contributed by atoms with Crippen LogP contribution in [0.1, 0.15) is 36.7 Å². The Morgan fingerprint density at radius 1 is 1.00 bits per heavy atom. The molecule has 22 heavy (non-hydrogen) atoms. The van der Waals surface area contributed by atoms with Crippen LogP contribution in [0.15, 0.2) is 42.5 Å². The van der Waals surface area contributed by atoms with Gasteiger partial charge in [-0.15, -0.1) is 0 Å². The summed E-state index contributed by atoms with van der Waals surface area (Å²) in [7, 11) is 0. The molecule has 0 saturated carbocycles. The minimum absolute atomic E-state index is 0.0553. The van der Waals surface area contributed by atoms with Gasteiger partial charge in [0.15, 0.2) is 11.5 Å². The Labute approximate surface area is 129 Å². The van der Waals surface area contributed by atoms with E-state index in [4.69, 9.17) is 14.2 Å². The molecule has 1 heterocycles. The van der Waals surface area contributed by atoms with Crippen molar-refractivity contribution in [3.05, 3.63) is 53.6 Å². The van der Waals surface area contributed by atoms with E-state index in [1.807, 2.05) is 12.1 Å². The Morgan fingerprint density at radius 2 is 1.68 bits per heavy atom. The van der Waals surface area contributed by atoms with E-state index in [2.05, 4.69) is 20.8 Å². The normalized spacial score (nSPS) is 13.0. The third-order valence-electron chi connectivity index (χ3n) is 3.54. The van der Waals surface area contributed by atoms with Crippen LogP contribution in [0.2, 0.25) is 0 Å². The number of rotatable bonds is 2. The molecule has 0 bridgehead atoms. The van der Waals surface area contributed by atoms with Crippen molar-refractivity contribution >= 4 is 5.97 Å². The summed E-state index contributed by atoms with van der Waals surface area (Å²) in [5.41, 5.74) is 1.75. The molecule has 3 rings (SSSR count). The highest BCUT2D eigenvalue weighted by atomic mass is 16.7. The summed E-state index contributed by atoms with van der Waals surface area (Å²) in [4.78, 5) is 12.2. The Balaban J connectivity index is 1.74. The predicted octanol–water partition coefficient (Wildman–Crippen LogP) is 3.93. The summed E-state index contributed by atoms with van der Waals surface area (Å²) in [6.45, 7) is 6.59. The number of hydrogen-bond donors (Lipinski definition) is 0. The molecule has 0 amide bonds. The Hall–Kier alpha value is -2.49. The summed E-state index contributed by atoms with van der Waals surface area (Å²) in [6.07, 6.45) is 0. The number of carbonyl (C=O) groups excluding carboxylic acids is 1. The summed E-state index contributed by atoms with van der Waals surface area (Å²) in [6, 6.07) is 12.6. The number of carbonyl (C=O) groups is 1. The fourth-order valence-electron chi connectivity index (χ4n) is 2.21. The maximum Gasteiger partial charge on any atom is 0.343 e. The van der Waals surface area contributed by atoms with Crippen LogP contribution in [0.4, 0.5) is 0 Å². The first kappa shape index (κ1) is 14.4. The van der Waals surface area contributed by atoms with Crippen LogP contribution in [0.3, 0.4) is 0 Å². The van der Waals surface area contributed by atoms with Crippen LogP contribution >= 0.6 is 0 Å². The van der Waals surface area contributed by atoms with Gasteiger partial charge in [0.2, 0.25) is 6.79 Å². The van der Waals surface area contributed by atoms with Crippen LogP contribution < -0.4 is 14.2 Å². The van der Waals surface area contributed by atoms with E-state index in [0.717, 1.165) is 0 Å². The van der Waals surface area contributed by atoms with Gasteiger partial charge >= 0.3 is 5.97 Å². The zero-order chi connectivity index (χ0) is 15.7. The van der Waals surface area contributed by atoms with Crippen LogP contribution in [0, 0.1) is 0 Å². The molecule has 0 atom stereocenters. The van der Waals surface area contributed by atoms with Gasteiger partial charge in [-0.25, -0.2) is 4.79 Å². The third kappa shape index (κ3) is 2.91. The van der Waals surface area contributed by atoms with Gasteiger partial charge in [-0.2, -0.15) is 0 Å². The molecule has 2 aromatic rings. The van der Waals surface area contributed by atoms with E-state index in [1.165, 1.54) is 5.56 Å². The number of fused-ring (bicyclic) bond motifs is 1. The molecular formula is C18H18O4. The highest BCUT2D eigenvalue weighted by molar-refractivity contribution is 5.91. The van der Waals surface area contributed by atoms with Crippen LogP contribution in [0.25, 0.3) is 0 Å². The van der Waals surface area contributed by atoms with Crippen LogP contribution in [-0.2, 0) is 5.41 Å². The molecule has 4 heteroatoms. The second-order valence-corrected chi connectivity index (χ2v) is 6.23. The van der Waals surface area contributed by atoms with Crippen LogP contribution in [0.5, 0.6) is 17.2 Å². The first-order chi connectivity index (χ1) is 10.4. The van der Waals surface area contributed by atoms with Crippen molar-refractivity contribution in [1.82, 2.24) is 0 Å². The monoisotopic (exact) mass is 298 g/mol. The number of benzene rings is 2. The fraction of sp³-hybridized carbons (Fsp3) is 0.278. The maximum absolute atomic E-state index is 12.2. The molecule has 0 unspecified atom stereocenters. The standard InChI is InChI=1S/C18H18O4/c1-18(2,3)13-6-4-12(5-7-13)17(19)22-14-8-9-15-16(10-14)21-11-20-15/h4-10H,11H2,1-3H3. The molecule has 1 aliphatic heterocycles. The largest absolute Gasteiger partial charge is 0.454 e. The summed E-state index contributed by atoms with van der Waals surface area (Å²) >= 11 is 0. The lowest BCUT2D eigenvalue weighted by Gasteiger charge is -2.18. The van der Waals surface area contributed by atoms with Crippen molar-refractivity contribution in [3.63, 3.8) is 0 Å². The van der Waals surface area contributed by atoms with Crippen LogP contribution in [-0.4, -0.2) is 12.8 Å². The van der Waals surface area contributed by atoms with Gasteiger partial charge in [0, 0.05) is 6.07 Å². The summed E-state index contributed by atoms with van der Waals surface area (Å²) < 4.78 is 15.9. The summed E-state index contributed by atoms with van der Waals surface area (Å²) in [5, 5.41) is 0. The highest BCUT2D eigenvalue weighted by Gasteiger charge is 2.17. The van der Waals surface area contributed by atoms with Gasteiger partial charge in [-0.1, -0.05) is 32.9 Å². The molecule has 1 aliphatic rings. The third-order valence-corrected chi connectivity index (χ3v) is 3.54. The average Bonchev–Trinajstić information content (AvgIpc) is 2.94. The van der Waals surface area contributed by atoms with E-state index in [1.54, 1.807) is 30.3 Å². The van der Waals surface area contributed by atoms with E-state index in [-0.39, 0.29) is 18.2 Å². The van der Waals surface area contributed by atoms with Crippen molar-refractivity contribution in [3.8, 4) is 17.2 Å². The van der Waals surface area contributed by atoms with Gasteiger partial charge < -0.3 is 14.2 Å². The van der Waals surface area contributed by atoms with Gasteiger partial charge in [-0.05, 0) is 35.2 Å². The predicted molar refractivity (Wildman–Crippen MR) is 82.7 cm³/mol. The molecule has 0 radical (unpaired) electrons. The zero-order valence-electron chi connectivity index (χ0n) is 12.9. The van der Waals surface area contributed by atoms with E-state index in [0.29, 0.717) is 22.8 Å². The van der Waals surface area contributed by atoms with Gasteiger partial charge in [0.05, 0.1) is 5.56 Å². The first-order valence-electron chi connectivity index (χ1n) is 7.16. The Bertz CT molecular complexity index is 696. The lowest BCUT2D eigenvalue weighted by molar-refractivity contribution is 0.0734. The Kier molecular flexibility index (Phi) is 3.53. The SMILES string of the molecule is CC(C)(C)c1ccc(C(=O)Oc2ccc3c(c2)OCO3)cc1. The molecule has 2 aromatic carbocycles. The summed E-state index contributed by atoms with van der Waals surface area (Å²) in [5.74, 6) is 1.30.